The molecule has 0 saturated carbocycles. The molecule has 10 heteroatoms. The summed E-state index contributed by atoms with van der Waals surface area (Å²) in [4.78, 5) is 7.61. The van der Waals surface area contributed by atoms with Crippen LogP contribution in [0.15, 0.2) is 12.4 Å². The summed E-state index contributed by atoms with van der Waals surface area (Å²) in [5.74, 6) is -0.243. The van der Waals surface area contributed by atoms with Gasteiger partial charge in [0.05, 0.1) is 30.2 Å². The zero-order valence-corrected chi connectivity index (χ0v) is 13.8. The largest absolute Gasteiger partial charge is 0.421 e. The second-order valence-electron chi connectivity index (χ2n) is 5.22. The second kappa shape index (κ2) is 7.04. The number of hydrogen-bond acceptors (Lipinski definition) is 6. The topological polar surface area (TPSA) is 76.9 Å². The van der Waals surface area contributed by atoms with Crippen LogP contribution in [-0.2, 0) is 10.9 Å². The Morgan fingerprint density at radius 1 is 1.33 bits per heavy atom. The Labute approximate surface area is 137 Å². The van der Waals surface area contributed by atoms with Gasteiger partial charge in [-0.1, -0.05) is 0 Å². The van der Waals surface area contributed by atoms with Crippen LogP contribution in [0.25, 0.3) is 0 Å². The van der Waals surface area contributed by atoms with Crippen molar-refractivity contribution in [1.29, 1.82) is 0 Å². The standard InChI is InChI=1S/C14H19F3N6O/c1-8(7-24-4)23-9(2)11(6-20-23)21-13-19-5-10(14(15,16)17)12(18-3)22-13/h5-6,8H,7H2,1-4H3,(H2,18,19,21,22)/t8-/m1/s1. The lowest BCUT2D eigenvalue weighted by molar-refractivity contribution is -0.137. The smallest absolute Gasteiger partial charge is 0.382 e. The molecule has 1 atom stereocenters. The molecular formula is C14H19F3N6O. The summed E-state index contributed by atoms with van der Waals surface area (Å²) in [6.07, 6.45) is -2.21. The van der Waals surface area contributed by atoms with E-state index in [9.17, 15) is 13.2 Å². The van der Waals surface area contributed by atoms with Crippen molar-refractivity contribution in [3.8, 4) is 0 Å². The zero-order valence-electron chi connectivity index (χ0n) is 13.8. The fourth-order valence-corrected chi connectivity index (χ4v) is 2.26. The van der Waals surface area contributed by atoms with Crippen molar-refractivity contribution in [1.82, 2.24) is 19.7 Å². The minimum Gasteiger partial charge on any atom is -0.382 e. The first kappa shape index (κ1) is 18.0. The molecule has 0 aliphatic carbocycles. The van der Waals surface area contributed by atoms with Gasteiger partial charge in [-0.25, -0.2) is 4.98 Å². The van der Waals surface area contributed by atoms with Gasteiger partial charge < -0.3 is 15.4 Å². The fourth-order valence-electron chi connectivity index (χ4n) is 2.26. The van der Waals surface area contributed by atoms with Gasteiger partial charge in [-0.3, -0.25) is 4.68 Å². The van der Waals surface area contributed by atoms with Crippen molar-refractivity contribution < 1.29 is 17.9 Å². The Balaban J connectivity index is 2.26. The third-order valence-corrected chi connectivity index (χ3v) is 3.45. The third-order valence-electron chi connectivity index (χ3n) is 3.45. The molecule has 2 aromatic heterocycles. The summed E-state index contributed by atoms with van der Waals surface area (Å²) < 4.78 is 45.4. The predicted molar refractivity (Wildman–Crippen MR) is 83.4 cm³/mol. The van der Waals surface area contributed by atoms with E-state index in [2.05, 4.69) is 25.7 Å². The highest BCUT2D eigenvalue weighted by atomic mass is 19.4. The zero-order chi connectivity index (χ0) is 17.9. The minimum absolute atomic E-state index is 0.0203. The monoisotopic (exact) mass is 344 g/mol. The van der Waals surface area contributed by atoms with E-state index in [-0.39, 0.29) is 17.8 Å². The highest BCUT2D eigenvalue weighted by molar-refractivity contribution is 5.58. The van der Waals surface area contributed by atoms with Crippen molar-refractivity contribution in [2.24, 2.45) is 0 Å². The van der Waals surface area contributed by atoms with Crippen molar-refractivity contribution >= 4 is 17.5 Å². The van der Waals surface area contributed by atoms with Gasteiger partial charge in [-0.2, -0.15) is 23.3 Å². The molecule has 2 rings (SSSR count). The fraction of sp³-hybridized carbons (Fsp3) is 0.500. The lowest BCUT2D eigenvalue weighted by Gasteiger charge is -2.14. The molecule has 0 bridgehead atoms. The molecule has 7 nitrogen and oxygen atoms in total. The summed E-state index contributed by atoms with van der Waals surface area (Å²) >= 11 is 0. The number of alkyl halides is 3. The van der Waals surface area contributed by atoms with Gasteiger partial charge in [0, 0.05) is 20.4 Å². The first-order valence-electron chi connectivity index (χ1n) is 7.20. The van der Waals surface area contributed by atoms with E-state index in [4.69, 9.17) is 4.74 Å². The van der Waals surface area contributed by atoms with Crippen LogP contribution in [-0.4, -0.2) is 40.5 Å². The number of nitrogens with zero attached hydrogens (tertiary/aromatic N) is 4. The summed E-state index contributed by atoms with van der Waals surface area (Å²) in [5.41, 5.74) is 0.491. The number of hydrogen-bond donors (Lipinski definition) is 2. The van der Waals surface area contributed by atoms with E-state index in [1.165, 1.54) is 7.05 Å². The van der Waals surface area contributed by atoms with Crippen LogP contribution in [0, 0.1) is 6.92 Å². The molecule has 0 spiro atoms. The van der Waals surface area contributed by atoms with Crippen molar-refractivity contribution in [2.45, 2.75) is 26.1 Å². The summed E-state index contributed by atoms with van der Waals surface area (Å²) in [6.45, 7) is 4.27. The van der Waals surface area contributed by atoms with E-state index in [0.717, 1.165) is 11.9 Å². The Morgan fingerprint density at radius 3 is 2.62 bits per heavy atom. The third kappa shape index (κ3) is 3.75. The second-order valence-corrected chi connectivity index (χ2v) is 5.22. The number of rotatable bonds is 6. The molecule has 0 aromatic carbocycles. The Hall–Kier alpha value is -2.36. The Kier molecular flexibility index (Phi) is 5.27. The van der Waals surface area contributed by atoms with Crippen molar-refractivity contribution in [3.63, 3.8) is 0 Å². The number of nitrogens with one attached hydrogen (secondary N) is 2. The van der Waals surface area contributed by atoms with Crippen LogP contribution in [0.5, 0.6) is 0 Å². The molecule has 2 aromatic rings. The summed E-state index contributed by atoms with van der Waals surface area (Å²) in [6, 6.07) is 0.0203. The molecular weight excluding hydrogens is 325 g/mol. The molecule has 0 radical (unpaired) electrons. The maximum atomic E-state index is 12.9. The summed E-state index contributed by atoms with van der Waals surface area (Å²) in [7, 11) is 2.97. The normalized spacial score (nSPS) is 13.0. The van der Waals surface area contributed by atoms with Crippen LogP contribution < -0.4 is 10.6 Å². The Bertz CT molecular complexity index is 700. The van der Waals surface area contributed by atoms with E-state index in [0.29, 0.717) is 12.3 Å². The predicted octanol–water partition coefficient (Wildman–Crippen LogP) is 2.99. The molecule has 24 heavy (non-hydrogen) atoms. The van der Waals surface area contributed by atoms with Crippen LogP contribution in [0.4, 0.5) is 30.6 Å². The van der Waals surface area contributed by atoms with Crippen molar-refractivity contribution in [2.75, 3.05) is 31.4 Å². The minimum atomic E-state index is -4.52. The van der Waals surface area contributed by atoms with Gasteiger partial charge in [0.15, 0.2) is 0 Å². The van der Waals surface area contributed by atoms with E-state index in [1.54, 1.807) is 18.0 Å². The molecule has 2 N–H and O–H groups in total. The average Bonchev–Trinajstić information content (AvgIpc) is 2.87. The van der Waals surface area contributed by atoms with E-state index < -0.39 is 11.7 Å². The maximum Gasteiger partial charge on any atom is 0.421 e. The first-order chi connectivity index (χ1) is 11.3. The van der Waals surface area contributed by atoms with E-state index in [1.807, 2.05) is 13.8 Å². The first-order valence-corrected chi connectivity index (χ1v) is 7.20. The lowest BCUT2D eigenvalue weighted by atomic mass is 10.3. The molecule has 2 heterocycles. The average molecular weight is 344 g/mol. The highest BCUT2D eigenvalue weighted by Crippen LogP contribution is 2.34. The molecule has 0 unspecified atom stereocenters. The van der Waals surface area contributed by atoms with Gasteiger partial charge in [-0.15, -0.1) is 0 Å². The molecule has 0 fully saturated rings. The van der Waals surface area contributed by atoms with Crippen molar-refractivity contribution in [3.05, 3.63) is 23.7 Å². The molecule has 132 valence electrons. The van der Waals surface area contributed by atoms with E-state index >= 15 is 0 Å². The number of anilines is 3. The molecule has 0 saturated heterocycles. The lowest BCUT2D eigenvalue weighted by Crippen LogP contribution is -2.14. The van der Waals surface area contributed by atoms with Gasteiger partial charge in [0.1, 0.15) is 11.4 Å². The number of aromatic nitrogens is 4. The molecule has 0 aliphatic heterocycles. The van der Waals surface area contributed by atoms with Gasteiger partial charge >= 0.3 is 6.18 Å². The molecule has 0 aliphatic rings. The van der Waals surface area contributed by atoms with Gasteiger partial charge in [0.2, 0.25) is 5.95 Å². The molecule has 0 amide bonds. The Morgan fingerprint density at radius 2 is 2.04 bits per heavy atom. The van der Waals surface area contributed by atoms with Gasteiger partial charge in [-0.05, 0) is 13.8 Å². The summed E-state index contributed by atoms with van der Waals surface area (Å²) in [5, 5.41) is 9.58. The number of ether oxygens (including phenoxy) is 1. The van der Waals surface area contributed by atoms with Crippen LogP contribution in [0.1, 0.15) is 24.2 Å². The van der Waals surface area contributed by atoms with Crippen LogP contribution in [0.2, 0.25) is 0 Å². The number of methoxy groups -OCH3 is 1. The van der Waals surface area contributed by atoms with Crippen LogP contribution in [0.3, 0.4) is 0 Å². The SMILES string of the molecule is CNc1nc(Nc2cnn([C@H](C)COC)c2C)ncc1C(F)(F)F. The maximum absolute atomic E-state index is 12.9. The van der Waals surface area contributed by atoms with Crippen LogP contribution >= 0.6 is 0 Å². The quantitative estimate of drug-likeness (QED) is 0.839. The van der Waals surface area contributed by atoms with Gasteiger partial charge in [0.25, 0.3) is 0 Å². The highest BCUT2D eigenvalue weighted by Gasteiger charge is 2.35. The number of halogens is 3.